The summed E-state index contributed by atoms with van der Waals surface area (Å²) in [6, 6.07) is 9.40. The van der Waals surface area contributed by atoms with Crippen molar-refractivity contribution in [2.24, 2.45) is 0 Å². The molecule has 0 aliphatic carbocycles. The van der Waals surface area contributed by atoms with Gasteiger partial charge in [0.25, 0.3) is 15.9 Å². The molecule has 0 spiro atoms. The summed E-state index contributed by atoms with van der Waals surface area (Å²) in [5.41, 5.74) is 2.04. The largest absolute Gasteiger partial charge is 0.482 e. The minimum atomic E-state index is -3.86. The molecule has 118 valence electrons. The van der Waals surface area contributed by atoms with Crippen molar-refractivity contribution >= 4 is 50.5 Å². The molecule has 2 aromatic rings. The van der Waals surface area contributed by atoms with Crippen molar-refractivity contribution in [2.75, 3.05) is 6.61 Å². The third-order valence-corrected chi connectivity index (χ3v) is 5.62. The van der Waals surface area contributed by atoms with Crippen LogP contribution >= 0.6 is 34.5 Å². The number of hydrazine groups is 1. The van der Waals surface area contributed by atoms with E-state index in [9.17, 15) is 13.2 Å². The normalized spacial score (nSPS) is 11.2. The van der Waals surface area contributed by atoms with Gasteiger partial charge in [-0.1, -0.05) is 35.3 Å². The zero-order valence-corrected chi connectivity index (χ0v) is 14.0. The summed E-state index contributed by atoms with van der Waals surface area (Å²) in [5.74, 6) is -0.349. The van der Waals surface area contributed by atoms with Crippen LogP contribution < -0.4 is 15.0 Å². The Hall–Kier alpha value is -1.32. The molecule has 0 aliphatic rings. The fraction of sp³-hybridized carbons (Fsp3) is 0.0833. The van der Waals surface area contributed by atoms with Crippen LogP contribution in [0.25, 0.3) is 0 Å². The van der Waals surface area contributed by atoms with Gasteiger partial charge in [-0.15, -0.1) is 16.2 Å². The lowest BCUT2D eigenvalue weighted by molar-refractivity contribution is -0.123. The van der Waals surface area contributed by atoms with Crippen LogP contribution in [0.3, 0.4) is 0 Å². The van der Waals surface area contributed by atoms with Crippen molar-refractivity contribution in [3.8, 4) is 5.75 Å². The lowest BCUT2D eigenvalue weighted by atomic mass is 10.3. The second-order valence-corrected chi connectivity index (χ2v) is 7.96. The second-order valence-electron chi connectivity index (χ2n) is 3.93. The van der Waals surface area contributed by atoms with Crippen LogP contribution in [0.4, 0.5) is 0 Å². The second kappa shape index (κ2) is 7.30. The molecule has 0 saturated heterocycles. The Bertz CT molecular complexity index is 777. The highest BCUT2D eigenvalue weighted by molar-refractivity contribution is 7.91. The number of sulfonamides is 1. The lowest BCUT2D eigenvalue weighted by Crippen LogP contribution is -2.43. The van der Waals surface area contributed by atoms with Crippen molar-refractivity contribution < 1.29 is 17.9 Å². The molecule has 2 rings (SSSR count). The standard InChI is InChI=1S/C12H10Cl2N2O4S2/c13-8-3-1-2-4-9(8)20-7-11(17)15-16-22(18,19)12-6-5-10(14)21-12/h1-6,16H,7H2,(H,15,17). The molecule has 1 aromatic heterocycles. The van der Waals surface area contributed by atoms with E-state index in [4.69, 9.17) is 27.9 Å². The SMILES string of the molecule is O=C(COc1ccccc1Cl)NNS(=O)(=O)c1ccc(Cl)s1. The Morgan fingerprint density at radius 1 is 1.18 bits per heavy atom. The molecule has 6 nitrogen and oxygen atoms in total. The minimum Gasteiger partial charge on any atom is -0.482 e. The number of nitrogens with one attached hydrogen (secondary N) is 2. The number of carbonyl (C=O) groups excluding carboxylic acids is 1. The predicted molar refractivity (Wildman–Crippen MR) is 84.7 cm³/mol. The smallest absolute Gasteiger partial charge is 0.272 e. The number of hydrogen-bond acceptors (Lipinski definition) is 5. The van der Waals surface area contributed by atoms with Crippen LogP contribution in [-0.2, 0) is 14.8 Å². The highest BCUT2D eigenvalue weighted by Crippen LogP contribution is 2.25. The Labute approximate surface area is 141 Å². The van der Waals surface area contributed by atoms with Gasteiger partial charge in [0.05, 0.1) is 9.36 Å². The third kappa shape index (κ3) is 4.59. The first-order chi connectivity index (χ1) is 10.4. The molecule has 0 unspecified atom stereocenters. The quantitative estimate of drug-likeness (QED) is 0.753. The fourth-order valence-electron chi connectivity index (χ4n) is 1.36. The van der Waals surface area contributed by atoms with Crippen LogP contribution in [-0.4, -0.2) is 20.9 Å². The molecule has 0 saturated carbocycles. The fourth-order valence-corrected chi connectivity index (χ4v) is 3.89. The molecule has 2 N–H and O–H groups in total. The number of amides is 1. The summed E-state index contributed by atoms with van der Waals surface area (Å²) in [6.07, 6.45) is 0. The number of rotatable bonds is 6. The molecular weight excluding hydrogens is 371 g/mol. The molecule has 10 heteroatoms. The first-order valence-electron chi connectivity index (χ1n) is 5.82. The summed E-state index contributed by atoms with van der Waals surface area (Å²) < 4.78 is 29.2. The summed E-state index contributed by atoms with van der Waals surface area (Å²) in [4.78, 5) is 13.5. The van der Waals surface area contributed by atoms with Gasteiger partial charge < -0.3 is 4.74 Å². The summed E-state index contributed by atoms with van der Waals surface area (Å²) in [5, 5.41) is 0.351. The average molecular weight is 381 g/mol. The Kier molecular flexibility index (Phi) is 5.65. The molecule has 22 heavy (non-hydrogen) atoms. The minimum absolute atomic E-state index is 0.00942. The maximum atomic E-state index is 11.8. The Morgan fingerprint density at radius 2 is 1.91 bits per heavy atom. The number of benzene rings is 1. The van der Waals surface area contributed by atoms with E-state index < -0.39 is 22.5 Å². The zero-order chi connectivity index (χ0) is 16.2. The molecule has 1 aromatic carbocycles. The zero-order valence-electron chi connectivity index (χ0n) is 10.9. The molecule has 0 atom stereocenters. The molecule has 0 radical (unpaired) electrons. The first kappa shape index (κ1) is 17.0. The van der Waals surface area contributed by atoms with Crippen LogP contribution in [0.5, 0.6) is 5.75 Å². The van der Waals surface area contributed by atoms with E-state index in [0.29, 0.717) is 15.1 Å². The van der Waals surface area contributed by atoms with E-state index in [0.717, 1.165) is 11.3 Å². The monoisotopic (exact) mass is 380 g/mol. The summed E-state index contributed by atoms with van der Waals surface area (Å²) in [6.45, 7) is -0.391. The number of halogens is 2. The van der Waals surface area contributed by atoms with E-state index >= 15 is 0 Å². The van der Waals surface area contributed by atoms with E-state index in [-0.39, 0.29) is 4.21 Å². The van der Waals surface area contributed by atoms with Gasteiger partial charge in [-0.25, -0.2) is 8.42 Å². The molecule has 0 fully saturated rings. The van der Waals surface area contributed by atoms with Crippen molar-refractivity contribution in [3.63, 3.8) is 0 Å². The van der Waals surface area contributed by atoms with Gasteiger partial charge in [0, 0.05) is 0 Å². The van der Waals surface area contributed by atoms with Crippen LogP contribution in [0.2, 0.25) is 9.36 Å². The summed E-state index contributed by atoms with van der Waals surface area (Å²) >= 11 is 12.4. The van der Waals surface area contributed by atoms with Crippen LogP contribution in [0.1, 0.15) is 0 Å². The van der Waals surface area contributed by atoms with E-state index in [1.807, 2.05) is 10.3 Å². The summed E-state index contributed by atoms with van der Waals surface area (Å²) in [7, 11) is -3.86. The maximum Gasteiger partial charge on any atom is 0.272 e. The third-order valence-electron chi connectivity index (χ3n) is 2.33. The van der Waals surface area contributed by atoms with E-state index in [2.05, 4.69) is 0 Å². The number of thiophene rings is 1. The van der Waals surface area contributed by atoms with Gasteiger partial charge in [0.15, 0.2) is 6.61 Å². The number of carbonyl (C=O) groups is 1. The Morgan fingerprint density at radius 3 is 2.55 bits per heavy atom. The average Bonchev–Trinajstić information content (AvgIpc) is 2.92. The van der Waals surface area contributed by atoms with Crippen molar-refractivity contribution in [1.29, 1.82) is 0 Å². The highest BCUT2D eigenvalue weighted by atomic mass is 35.5. The molecule has 1 amide bonds. The van der Waals surface area contributed by atoms with Gasteiger partial charge in [-0.3, -0.25) is 10.2 Å². The molecule has 0 bridgehead atoms. The van der Waals surface area contributed by atoms with Gasteiger partial charge in [-0.2, -0.15) is 0 Å². The molecular formula is C12H10Cl2N2O4S2. The lowest BCUT2D eigenvalue weighted by Gasteiger charge is -2.09. The first-order valence-corrected chi connectivity index (χ1v) is 8.87. The van der Waals surface area contributed by atoms with Crippen molar-refractivity contribution in [1.82, 2.24) is 10.3 Å². The van der Waals surface area contributed by atoms with Gasteiger partial charge in [0.2, 0.25) is 0 Å². The molecule has 1 heterocycles. The van der Waals surface area contributed by atoms with Gasteiger partial charge in [0.1, 0.15) is 9.96 Å². The number of para-hydroxylation sites is 1. The van der Waals surface area contributed by atoms with E-state index in [1.54, 1.807) is 24.3 Å². The van der Waals surface area contributed by atoms with Crippen LogP contribution in [0, 0.1) is 0 Å². The number of ether oxygens (including phenoxy) is 1. The van der Waals surface area contributed by atoms with Gasteiger partial charge >= 0.3 is 0 Å². The van der Waals surface area contributed by atoms with Gasteiger partial charge in [-0.05, 0) is 24.3 Å². The van der Waals surface area contributed by atoms with Crippen LogP contribution in [0.15, 0.2) is 40.6 Å². The predicted octanol–water partition coefficient (Wildman–Crippen LogP) is 2.44. The Balaban J connectivity index is 1.87. The van der Waals surface area contributed by atoms with Crippen molar-refractivity contribution in [3.05, 3.63) is 45.8 Å². The van der Waals surface area contributed by atoms with E-state index in [1.165, 1.54) is 12.1 Å². The highest BCUT2D eigenvalue weighted by Gasteiger charge is 2.17. The van der Waals surface area contributed by atoms with Crippen molar-refractivity contribution in [2.45, 2.75) is 4.21 Å². The topological polar surface area (TPSA) is 84.5 Å². The molecule has 0 aliphatic heterocycles. The maximum absolute atomic E-state index is 11.8. The number of hydrogen-bond donors (Lipinski definition) is 2.